The van der Waals surface area contributed by atoms with Gasteiger partial charge in [-0.15, -0.1) is 0 Å². The summed E-state index contributed by atoms with van der Waals surface area (Å²) in [5.74, 6) is 0.524. The van der Waals surface area contributed by atoms with Gasteiger partial charge in [0.05, 0.1) is 16.4 Å². The molecule has 0 saturated heterocycles. The van der Waals surface area contributed by atoms with Crippen molar-refractivity contribution in [2.24, 2.45) is 0 Å². The standard InChI is InChI=1S/C16H13Cl2N3/c1-10-3-2-4-11(7-10)14-9-16(19)21(20-14)15-6-5-12(17)8-13(15)18/h2-9H,19H2,1H3. The molecule has 2 aromatic carbocycles. The third-order valence-electron chi connectivity index (χ3n) is 3.19. The van der Waals surface area contributed by atoms with Crippen LogP contribution in [0, 0.1) is 6.92 Å². The lowest BCUT2D eigenvalue weighted by atomic mass is 10.1. The first-order chi connectivity index (χ1) is 10.0. The molecule has 0 atom stereocenters. The Hall–Kier alpha value is -1.97. The van der Waals surface area contributed by atoms with Crippen molar-refractivity contribution in [1.29, 1.82) is 0 Å². The van der Waals surface area contributed by atoms with Crippen molar-refractivity contribution in [2.45, 2.75) is 6.92 Å². The highest BCUT2D eigenvalue weighted by Crippen LogP contribution is 2.28. The Morgan fingerprint density at radius 2 is 1.86 bits per heavy atom. The quantitative estimate of drug-likeness (QED) is 0.742. The third-order valence-corrected chi connectivity index (χ3v) is 3.73. The van der Waals surface area contributed by atoms with E-state index in [-0.39, 0.29) is 0 Å². The zero-order valence-corrected chi connectivity index (χ0v) is 12.9. The normalized spacial score (nSPS) is 10.8. The van der Waals surface area contributed by atoms with Crippen LogP contribution in [0.4, 0.5) is 5.82 Å². The molecule has 0 radical (unpaired) electrons. The molecule has 1 aromatic heterocycles. The summed E-state index contributed by atoms with van der Waals surface area (Å²) >= 11 is 12.1. The van der Waals surface area contributed by atoms with Crippen molar-refractivity contribution in [3.8, 4) is 16.9 Å². The summed E-state index contributed by atoms with van der Waals surface area (Å²) in [6.07, 6.45) is 0. The van der Waals surface area contributed by atoms with Crippen molar-refractivity contribution >= 4 is 29.0 Å². The Morgan fingerprint density at radius 1 is 1.05 bits per heavy atom. The lowest BCUT2D eigenvalue weighted by Gasteiger charge is -2.06. The summed E-state index contributed by atoms with van der Waals surface area (Å²) in [6, 6.07) is 15.2. The summed E-state index contributed by atoms with van der Waals surface area (Å²) in [4.78, 5) is 0. The molecule has 0 saturated carbocycles. The van der Waals surface area contributed by atoms with Gasteiger partial charge in [0.2, 0.25) is 0 Å². The van der Waals surface area contributed by atoms with E-state index in [1.165, 1.54) is 5.56 Å². The number of halogens is 2. The van der Waals surface area contributed by atoms with E-state index in [9.17, 15) is 0 Å². The van der Waals surface area contributed by atoms with Crippen LogP contribution >= 0.6 is 23.2 Å². The first-order valence-corrected chi connectivity index (χ1v) is 7.18. The van der Waals surface area contributed by atoms with Crippen molar-refractivity contribution in [1.82, 2.24) is 9.78 Å². The highest BCUT2D eigenvalue weighted by molar-refractivity contribution is 6.35. The second-order valence-electron chi connectivity index (χ2n) is 4.83. The van der Waals surface area contributed by atoms with E-state index in [0.29, 0.717) is 21.6 Å². The summed E-state index contributed by atoms with van der Waals surface area (Å²) in [5, 5.41) is 5.63. The molecule has 0 spiro atoms. The first-order valence-electron chi connectivity index (χ1n) is 6.42. The van der Waals surface area contributed by atoms with Crippen LogP contribution in [-0.2, 0) is 0 Å². The van der Waals surface area contributed by atoms with Crippen LogP contribution in [0.1, 0.15) is 5.56 Å². The highest BCUT2D eigenvalue weighted by atomic mass is 35.5. The van der Waals surface area contributed by atoms with Gasteiger partial charge in [-0.05, 0) is 31.2 Å². The number of nitrogen functional groups attached to an aromatic ring is 1. The number of nitrogens with zero attached hydrogens (tertiary/aromatic N) is 2. The highest BCUT2D eigenvalue weighted by Gasteiger charge is 2.11. The maximum absolute atomic E-state index is 6.22. The van der Waals surface area contributed by atoms with Crippen LogP contribution in [0.15, 0.2) is 48.5 Å². The van der Waals surface area contributed by atoms with Crippen LogP contribution in [0.3, 0.4) is 0 Å². The number of hydrogen-bond acceptors (Lipinski definition) is 2. The van der Waals surface area contributed by atoms with Gasteiger partial charge in [0.1, 0.15) is 5.82 Å². The number of anilines is 1. The predicted molar refractivity (Wildman–Crippen MR) is 88.2 cm³/mol. The minimum atomic E-state index is 0.507. The third kappa shape index (κ3) is 2.75. The summed E-state index contributed by atoms with van der Waals surface area (Å²) < 4.78 is 1.62. The van der Waals surface area contributed by atoms with Gasteiger partial charge in [-0.2, -0.15) is 5.10 Å². The number of aryl methyl sites for hydroxylation is 1. The van der Waals surface area contributed by atoms with Crippen LogP contribution in [0.2, 0.25) is 10.0 Å². The maximum Gasteiger partial charge on any atom is 0.127 e. The van der Waals surface area contributed by atoms with E-state index >= 15 is 0 Å². The van der Waals surface area contributed by atoms with E-state index in [1.807, 2.05) is 31.2 Å². The Balaban J connectivity index is 2.10. The van der Waals surface area contributed by atoms with Gasteiger partial charge in [-0.25, -0.2) is 4.68 Å². The molecule has 106 valence electrons. The summed E-state index contributed by atoms with van der Waals surface area (Å²) in [5.41, 5.74) is 9.77. The van der Waals surface area contributed by atoms with E-state index in [0.717, 1.165) is 11.3 Å². The fourth-order valence-electron chi connectivity index (χ4n) is 2.19. The Bertz CT molecular complexity index is 809. The smallest absolute Gasteiger partial charge is 0.127 e. The molecule has 0 fully saturated rings. The van der Waals surface area contributed by atoms with Crippen LogP contribution in [0.25, 0.3) is 16.9 Å². The van der Waals surface area contributed by atoms with Gasteiger partial charge in [0.25, 0.3) is 0 Å². The molecule has 21 heavy (non-hydrogen) atoms. The largest absolute Gasteiger partial charge is 0.384 e. The molecule has 0 bridgehead atoms. The van der Waals surface area contributed by atoms with Gasteiger partial charge < -0.3 is 5.73 Å². The topological polar surface area (TPSA) is 43.8 Å². The summed E-state index contributed by atoms with van der Waals surface area (Å²) in [6.45, 7) is 2.04. The average Bonchev–Trinajstić information content (AvgIpc) is 2.81. The molecule has 0 unspecified atom stereocenters. The molecule has 0 aliphatic carbocycles. The zero-order chi connectivity index (χ0) is 15.0. The molecule has 0 aliphatic rings. The van der Waals surface area contributed by atoms with Crippen LogP contribution < -0.4 is 5.73 Å². The zero-order valence-electron chi connectivity index (χ0n) is 11.3. The summed E-state index contributed by atoms with van der Waals surface area (Å²) in [7, 11) is 0. The van der Waals surface area contributed by atoms with Gasteiger partial charge >= 0.3 is 0 Å². The maximum atomic E-state index is 6.22. The lowest BCUT2D eigenvalue weighted by Crippen LogP contribution is -2.02. The molecular formula is C16H13Cl2N3. The van der Waals surface area contributed by atoms with Crippen molar-refractivity contribution in [2.75, 3.05) is 5.73 Å². The number of hydrogen-bond donors (Lipinski definition) is 1. The number of rotatable bonds is 2. The van der Waals surface area contributed by atoms with Gasteiger partial charge in [-0.3, -0.25) is 0 Å². The molecule has 5 heteroatoms. The minimum absolute atomic E-state index is 0.507. The Labute approximate surface area is 132 Å². The molecule has 2 N–H and O–H groups in total. The van der Waals surface area contributed by atoms with E-state index in [4.69, 9.17) is 28.9 Å². The second-order valence-corrected chi connectivity index (χ2v) is 5.68. The molecular weight excluding hydrogens is 305 g/mol. The fraction of sp³-hybridized carbons (Fsp3) is 0.0625. The Morgan fingerprint density at radius 3 is 2.57 bits per heavy atom. The lowest BCUT2D eigenvalue weighted by molar-refractivity contribution is 0.895. The number of aromatic nitrogens is 2. The van der Waals surface area contributed by atoms with Crippen LogP contribution in [-0.4, -0.2) is 9.78 Å². The van der Waals surface area contributed by atoms with Crippen molar-refractivity contribution in [3.63, 3.8) is 0 Å². The van der Waals surface area contributed by atoms with E-state index < -0.39 is 0 Å². The van der Waals surface area contributed by atoms with Gasteiger partial charge in [0, 0.05) is 16.7 Å². The Kier molecular flexibility index (Phi) is 3.62. The molecule has 3 aromatic rings. The SMILES string of the molecule is Cc1cccc(-c2cc(N)n(-c3ccc(Cl)cc3Cl)n2)c1. The number of nitrogens with two attached hydrogens (primary N) is 1. The number of benzene rings is 2. The fourth-order valence-corrected chi connectivity index (χ4v) is 2.68. The predicted octanol–water partition coefficient (Wildman–Crippen LogP) is 4.74. The second kappa shape index (κ2) is 5.43. The molecule has 0 aliphatic heterocycles. The van der Waals surface area contributed by atoms with Gasteiger partial charge in [0.15, 0.2) is 0 Å². The van der Waals surface area contributed by atoms with Crippen LogP contribution in [0.5, 0.6) is 0 Å². The monoisotopic (exact) mass is 317 g/mol. The van der Waals surface area contributed by atoms with E-state index in [1.54, 1.807) is 22.9 Å². The molecule has 3 nitrogen and oxygen atoms in total. The van der Waals surface area contributed by atoms with E-state index in [2.05, 4.69) is 11.2 Å². The first kappa shape index (κ1) is 14.0. The molecule has 0 amide bonds. The molecule has 3 rings (SSSR count). The average molecular weight is 318 g/mol. The van der Waals surface area contributed by atoms with Crippen molar-refractivity contribution in [3.05, 3.63) is 64.1 Å². The van der Waals surface area contributed by atoms with Crippen molar-refractivity contribution < 1.29 is 0 Å². The molecule has 1 heterocycles. The van der Waals surface area contributed by atoms with Gasteiger partial charge in [-0.1, -0.05) is 47.0 Å². The minimum Gasteiger partial charge on any atom is -0.384 e.